The Morgan fingerprint density at radius 3 is 1.38 bits per heavy atom. The zero-order valence-corrected chi connectivity index (χ0v) is 17.7. The molecule has 0 aliphatic heterocycles. The molecule has 2 aromatic carbocycles. The number of ether oxygens (including phenoxy) is 4. The van der Waals surface area contributed by atoms with Crippen LogP contribution in [0.4, 0.5) is 0 Å². The minimum absolute atomic E-state index is 0.322. The van der Waals surface area contributed by atoms with Crippen LogP contribution in [0.15, 0.2) is 36.4 Å². The molecule has 2 aromatic rings. The molecule has 0 spiro atoms. The summed E-state index contributed by atoms with van der Waals surface area (Å²) >= 11 is 11.0. The Balaban J connectivity index is 1.74. The van der Waals surface area contributed by atoms with Gasteiger partial charge in [0.05, 0.1) is 27.4 Å². The van der Waals surface area contributed by atoms with Gasteiger partial charge < -0.3 is 18.9 Å². The molecule has 0 fully saturated rings. The van der Waals surface area contributed by atoms with E-state index in [-0.39, 0.29) is 0 Å². The molecule has 156 valence electrons. The van der Waals surface area contributed by atoms with E-state index in [9.17, 15) is 9.59 Å². The smallest absolute Gasteiger partial charge is 0.252 e. The predicted molar refractivity (Wildman–Crippen MR) is 111 cm³/mol. The molecule has 6 nitrogen and oxygen atoms in total. The van der Waals surface area contributed by atoms with Crippen molar-refractivity contribution in [2.45, 2.75) is 19.3 Å². The molecule has 0 saturated carbocycles. The maximum atomic E-state index is 11.3. The summed E-state index contributed by atoms with van der Waals surface area (Å²) in [5.41, 5.74) is 0.644. The summed E-state index contributed by atoms with van der Waals surface area (Å²) in [6.45, 7) is 0.959. The number of carbonyl (C=O) groups is 2. The molecule has 29 heavy (non-hydrogen) atoms. The van der Waals surface area contributed by atoms with Crippen LogP contribution in [0.3, 0.4) is 0 Å². The summed E-state index contributed by atoms with van der Waals surface area (Å²) in [6.07, 6.45) is 2.47. The van der Waals surface area contributed by atoms with Crippen molar-refractivity contribution in [1.29, 1.82) is 0 Å². The first-order valence-corrected chi connectivity index (χ1v) is 9.72. The first-order valence-electron chi connectivity index (χ1n) is 8.96. The van der Waals surface area contributed by atoms with Crippen molar-refractivity contribution in [3.8, 4) is 23.0 Å². The summed E-state index contributed by atoms with van der Waals surface area (Å²) in [6, 6.07) is 9.68. The van der Waals surface area contributed by atoms with Crippen LogP contribution in [0.1, 0.15) is 40.0 Å². The maximum absolute atomic E-state index is 11.3. The van der Waals surface area contributed by atoms with E-state index in [1.165, 1.54) is 14.2 Å². The Morgan fingerprint density at radius 2 is 1.03 bits per heavy atom. The summed E-state index contributed by atoms with van der Waals surface area (Å²) in [7, 11) is 3.02. The number of methoxy groups -OCH3 is 2. The van der Waals surface area contributed by atoms with Gasteiger partial charge in [0.15, 0.2) is 0 Å². The number of hydrogen-bond acceptors (Lipinski definition) is 6. The molecular weight excluding hydrogens is 419 g/mol. The molecule has 0 unspecified atom stereocenters. The molecule has 0 aliphatic rings. The van der Waals surface area contributed by atoms with Gasteiger partial charge in [0.1, 0.15) is 23.0 Å². The van der Waals surface area contributed by atoms with Crippen molar-refractivity contribution in [3.63, 3.8) is 0 Å². The van der Waals surface area contributed by atoms with Crippen molar-refractivity contribution in [2.75, 3.05) is 27.4 Å². The monoisotopic (exact) mass is 440 g/mol. The number of halogens is 2. The second-order valence-electron chi connectivity index (χ2n) is 6.10. The van der Waals surface area contributed by atoms with Crippen molar-refractivity contribution in [2.24, 2.45) is 0 Å². The number of benzene rings is 2. The van der Waals surface area contributed by atoms with Gasteiger partial charge in [-0.15, -0.1) is 0 Å². The molecule has 0 radical (unpaired) electrons. The van der Waals surface area contributed by atoms with Crippen LogP contribution in [0.2, 0.25) is 0 Å². The number of carbonyl (C=O) groups excluding carboxylic acids is 2. The molecule has 0 atom stereocenters. The molecule has 0 amide bonds. The second-order valence-corrected chi connectivity index (χ2v) is 6.79. The first-order chi connectivity index (χ1) is 13.9. The van der Waals surface area contributed by atoms with E-state index in [0.717, 1.165) is 19.3 Å². The van der Waals surface area contributed by atoms with Crippen LogP contribution in [0, 0.1) is 0 Å². The Labute approximate surface area is 179 Å². The van der Waals surface area contributed by atoms with Gasteiger partial charge in [-0.2, -0.15) is 0 Å². The predicted octanol–water partition coefficient (Wildman–Crippen LogP) is 5.09. The van der Waals surface area contributed by atoms with Gasteiger partial charge in [-0.25, -0.2) is 0 Å². The maximum Gasteiger partial charge on any atom is 0.252 e. The highest BCUT2D eigenvalue weighted by atomic mass is 35.5. The SMILES string of the molecule is COc1cc(OCCCCCOc2cc(OC)cc(C(=O)Cl)c2)cc(C(=O)Cl)c1. The normalized spacial score (nSPS) is 10.3. The van der Waals surface area contributed by atoms with Crippen LogP contribution in [0.5, 0.6) is 23.0 Å². The van der Waals surface area contributed by atoms with Gasteiger partial charge in [0.25, 0.3) is 10.5 Å². The summed E-state index contributed by atoms with van der Waals surface area (Å²) < 4.78 is 21.6. The van der Waals surface area contributed by atoms with E-state index >= 15 is 0 Å². The fourth-order valence-corrected chi connectivity index (χ4v) is 2.75. The third-order valence-electron chi connectivity index (χ3n) is 4.01. The lowest BCUT2D eigenvalue weighted by Crippen LogP contribution is -2.02. The van der Waals surface area contributed by atoms with Gasteiger partial charge in [-0.05, 0) is 66.7 Å². The minimum atomic E-state index is -0.567. The molecule has 0 N–H and O–H groups in total. The number of hydrogen-bond donors (Lipinski definition) is 0. The van der Waals surface area contributed by atoms with Crippen LogP contribution in [-0.4, -0.2) is 37.9 Å². The molecule has 0 saturated heterocycles. The Morgan fingerprint density at radius 1 is 0.655 bits per heavy atom. The van der Waals surface area contributed by atoms with E-state index in [1.54, 1.807) is 36.4 Å². The lowest BCUT2D eigenvalue weighted by Gasteiger charge is -2.10. The molecular formula is C21H22Cl2O6. The Hall–Kier alpha value is -2.44. The third-order valence-corrected chi connectivity index (χ3v) is 4.45. The van der Waals surface area contributed by atoms with E-state index in [2.05, 4.69) is 0 Å². The average Bonchev–Trinajstić information content (AvgIpc) is 2.72. The fraction of sp³-hybridized carbons (Fsp3) is 0.333. The minimum Gasteiger partial charge on any atom is -0.497 e. The molecule has 2 rings (SSSR count). The fourth-order valence-electron chi connectivity index (χ4n) is 2.53. The molecule has 8 heteroatoms. The summed E-state index contributed by atoms with van der Waals surface area (Å²) in [5, 5.41) is -1.13. The number of rotatable bonds is 12. The largest absolute Gasteiger partial charge is 0.497 e. The lowest BCUT2D eigenvalue weighted by atomic mass is 10.2. The van der Waals surface area contributed by atoms with Crippen LogP contribution in [-0.2, 0) is 0 Å². The zero-order chi connectivity index (χ0) is 21.2. The Kier molecular flexibility index (Phi) is 9.09. The van der Waals surface area contributed by atoms with Crippen LogP contribution in [0.25, 0.3) is 0 Å². The highest BCUT2D eigenvalue weighted by Gasteiger charge is 2.09. The van der Waals surface area contributed by atoms with E-state index < -0.39 is 10.5 Å². The van der Waals surface area contributed by atoms with Crippen LogP contribution >= 0.6 is 23.2 Å². The average molecular weight is 441 g/mol. The van der Waals surface area contributed by atoms with Gasteiger partial charge in [0.2, 0.25) is 0 Å². The van der Waals surface area contributed by atoms with Gasteiger partial charge >= 0.3 is 0 Å². The quantitative estimate of drug-likeness (QED) is 0.338. The third kappa shape index (κ3) is 7.48. The highest BCUT2D eigenvalue weighted by Crippen LogP contribution is 2.25. The second kappa shape index (κ2) is 11.5. The van der Waals surface area contributed by atoms with Crippen molar-refractivity contribution < 1.29 is 28.5 Å². The Bertz CT molecular complexity index is 784. The lowest BCUT2D eigenvalue weighted by molar-refractivity contribution is 0.107. The van der Waals surface area contributed by atoms with E-state index in [0.29, 0.717) is 47.3 Å². The topological polar surface area (TPSA) is 71.1 Å². The van der Waals surface area contributed by atoms with Gasteiger partial charge in [-0.3, -0.25) is 9.59 Å². The van der Waals surface area contributed by atoms with Gasteiger partial charge in [-0.1, -0.05) is 0 Å². The number of unbranched alkanes of at least 4 members (excludes halogenated alkanes) is 2. The molecule has 0 aliphatic carbocycles. The van der Waals surface area contributed by atoms with Crippen LogP contribution < -0.4 is 18.9 Å². The van der Waals surface area contributed by atoms with Crippen molar-refractivity contribution in [1.82, 2.24) is 0 Å². The molecule has 0 aromatic heterocycles. The van der Waals surface area contributed by atoms with Gasteiger partial charge in [0, 0.05) is 23.3 Å². The molecule has 0 bridgehead atoms. The molecule has 0 heterocycles. The standard InChI is InChI=1S/C21H22Cl2O6/c1-26-16-8-14(20(22)24)10-18(12-16)28-6-4-3-5-7-29-19-11-15(21(23)25)9-17(13-19)27-2/h8-13H,3-7H2,1-2H3. The summed E-state index contributed by atoms with van der Waals surface area (Å²) in [5.74, 6) is 2.07. The van der Waals surface area contributed by atoms with E-state index in [1.807, 2.05) is 0 Å². The zero-order valence-electron chi connectivity index (χ0n) is 16.2. The van der Waals surface area contributed by atoms with E-state index in [4.69, 9.17) is 42.1 Å². The van der Waals surface area contributed by atoms with Crippen molar-refractivity contribution in [3.05, 3.63) is 47.5 Å². The summed E-state index contributed by atoms with van der Waals surface area (Å²) in [4.78, 5) is 22.7. The highest BCUT2D eigenvalue weighted by molar-refractivity contribution is 6.68. The first kappa shape index (κ1) is 22.8. The van der Waals surface area contributed by atoms with Crippen molar-refractivity contribution >= 4 is 33.7 Å².